The molecular formula is C19H36O6. The average molecular weight is 360 g/mol. The second-order valence-corrected chi connectivity index (χ2v) is 7.07. The minimum atomic E-state index is -1.82. The van der Waals surface area contributed by atoms with Crippen molar-refractivity contribution in [2.75, 3.05) is 0 Å². The number of carbonyl (C=O) groups is 2. The van der Waals surface area contributed by atoms with Crippen molar-refractivity contribution in [3.63, 3.8) is 0 Å². The van der Waals surface area contributed by atoms with Crippen LogP contribution in [-0.2, 0) is 9.59 Å². The summed E-state index contributed by atoms with van der Waals surface area (Å²) in [4.78, 5) is 23.3. The number of unbranched alkanes of at least 4 members (excludes halogenated alkanes) is 2. The Morgan fingerprint density at radius 1 is 0.720 bits per heavy atom. The van der Waals surface area contributed by atoms with Gasteiger partial charge in [0, 0.05) is 0 Å². The molecule has 0 aliphatic rings. The van der Waals surface area contributed by atoms with Crippen LogP contribution in [0.2, 0.25) is 0 Å². The molecule has 0 aliphatic carbocycles. The number of carboxylic acid groups (broad SMARTS) is 2. The molecule has 0 aromatic rings. The van der Waals surface area contributed by atoms with Crippen molar-refractivity contribution in [1.29, 1.82) is 0 Å². The molecule has 0 heterocycles. The first-order valence-electron chi connectivity index (χ1n) is 9.63. The highest BCUT2D eigenvalue weighted by molar-refractivity contribution is 5.98. The van der Waals surface area contributed by atoms with Gasteiger partial charge in [-0.05, 0) is 51.4 Å². The van der Waals surface area contributed by atoms with Crippen molar-refractivity contribution < 1.29 is 30.0 Å². The number of aliphatic hydroxyl groups excluding tert-OH is 2. The van der Waals surface area contributed by atoms with Crippen LogP contribution in [0.3, 0.4) is 0 Å². The van der Waals surface area contributed by atoms with Gasteiger partial charge >= 0.3 is 11.9 Å². The molecule has 0 bridgehead atoms. The van der Waals surface area contributed by atoms with Gasteiger partial charge in [-0.3, -0.25) is 9.59 Å². The van der Waals surface area contributed by atoms with Crippen LogP contribution >= 0.6 is 0 Å². The molecule has 25 heavy (non-hydrogen) atoms. The predicted molar refractivity (Wildman–Crippen MR) is 96.5 cm³/mol. The molecular weight excluding hydrogens is 324 g/mol. The smallest absolute Gasteiger partial charge is 0.321 e. The lowest BCUT2D eigenvalue weighted by atomic mass is 9.77. The van der Waals surface area contributed by atoms with Crippen LogP contribution in [-0.4, -0.2) is 44.6 Å². The maximum atomic E-state index is 11.7. The lowest BCUT2D eigenvalue weighted by Gasteiger charge is -2.26. The van der Waals surface area contributed by atoms with E-state index in [0.29, 0.717) is 38.5 Å². The maximum Gasteiger partial charge on any atom is 0.321 e. The van der Waals surface area contributed by atoms with Crippen LogP contribution in [0, 0.1) is 5.41 Å². The maximum absolute atomic E-state index is 11.7. The summed E-state index contributed by atoms with van der Waals surface area (Å²) in [6.45, 7) is 4.06. The summed E-state index contributed by atoms with van der Waals surface area (Å²) in [6, 6.07) is 0. The van der Waals surface area contributed by atoms with E-state index in [4.69, 9.17) is 0 Å². The van der Waals surface area contributed by atoms with Crippen LogP contribution in [0.15, 0.2) is 0 Å². The first-order valence-corrected chi connectivity index (χ1v) is 9.63. The SMILES string of the molecule is CCCCC(O)CCCC(CCCC(O)CCCC)(C(=O)O)C(=O)O. The zero-order valence-corrected chi connectivity index (χ0v) is 15.7. The van der Waals surface area contributed by atoms with Crippen molar-refractivity contribution in [3.8, 4) is 0 Å². The van der Waals surface area contributed by atoms with E-state index in [1.807, 2.05) is 13.8 Å². The Hall–Kier alpha value is -1.14. The summed E-state index contributed by atoms with van der Waals surface area (Å²) in [5, 5.41) is 38.7. The number of hydrogen-bond acceptors (Lipinski definition) is 4. The predicted octanol–water partition coefficient (Wildman–Crippen LogP) is 3.58. The van der Waals surface area contributed by atoms with Crippen LogP contribution in [0.25, 0.3) is 0 Å². The van der Waals surface area contributed by atoms with Gasteiger partial charge in [-0.2, -0.15) is 0 Å². The molecule has 2 atom stereocenters. The largest absolute Gasteiger partial charge is 0.480 e. The van der Waals surface area contributed by atoms with Crippen LogP contribution in [0.1, 0.15) is 90.9 Å². The molecule has 0 fully saturated rings. The highest BCUT2D eigenvalue weighted by Gasteiger charge is 2.45. The summed E-state index contributed by atoms with van der Waals surface area (Å²) >= 11 is 0. The highest BCUT2D eigenvalue weighted by atomic mass is 16.4. The lowest BCUT2D eigenvalue weighted by Crippen LogP contribution is -2.39. The summed E-state index contributed by atoms with van der Waals surface area (Å²) in [6.07, 6.45) is 5.65. The molecule has 0 aromatic heterocycles. The first kappa shape index (κ1) is 23.9. The second-order valence-electron chi connectivity index (χ2n) is 7.07. The normalized spacial score (nSPS) is 14.2. The van der Waals surface area contributed by atoms with Gasteiger partial charge in [0.2, 0.25) is 0 Å². The first-order chi connectivity index (χ1) is 11.8. The van der Waals surface area contributed by atoms with E-state index in [1.54, 1.807) is 0 Å². The third-order valence-electron chi connectivity index (χ3n) is 4.88. The average Bonchev–Trinajstić information content (AvgIpc) is 2.56. The van der Waals surface area contributed by atoms with E-state index >= 15 is 0 Å². The van der Waals surface area contributed by atoms with E-state index in [-0.39, 0.29) is 12.8 Å². The number of aliphatic hydroxyl groups is 2. The fourth-order valence-corrected chi connectivity index (χ4v) is 3.09. The Morgan fingerprint density at radius 2 is 1.04 bits per heavy atom. The van der Waals surface area contributed by atoms with E-state index in [9.17, 15) is 30.0 Å². The summed E-state index contributed by atoms with van der Waals surface area (Å²) in [7, 11) is 0. The Morgan fingerprint density at radius 3 is 1.32 bits per heavy atom. The van der Waals surface area contributed by atoms with E-state index < -0.39 is 29.6 Å². The topological polar surface area (TPSA) is 115 Å². The highest BCUT2D eigenvalue weighted by Crippen LogP contribution is 2.33. The monoisotopic (exact) mass is 360 g/mol. The molecule has 0 radical (unpaired) electrons. The van der Waals surface area contributed by atoms with Gasteiger partial charge < -0.3 is 20.4 Å². The Labute approximate surface area is 151 Å². The number of carboxylic acids is 2. The number of aliphatic carboxylic acids is 2. The molecule has 0 saturated carbocycles. The molecule has 0 spiro atoms. The van der Waals surface area contributed by atoms with Gasteiger partial charge in [-0.25, -0.2) is 0 Å². The van der Waals surface area contributed by atoms with Crippen LogP contribution < -0.4 is 0 Å². The minimum absolute atomic E-state index is 0.00586. The summed E-state index contributed by atoms with van der Waals surface area (Å²) in [5.41, 5.74) is -1.82. The fraction of sp³-hybridized carbons (Fsp3) is 0.895. The second kappa shape index (κ2) is 13.1. The van der Waals surface area contributed by atoms with Gasteiger partial charge in [0.1, 0.15) is 0 Å². The van der Waals surface area contributed by atoms with Crippen molar-refractivity contribution in [2.45, 2.75) is 103 Å². The third kappa shape index (κ3) is 9.21. The minimum Gasteiger partial charge on any atom is -0.480 e. The molecule has 2 unspecified atom stereocenters. The van der Waals surface area contributed by atoms with E-state index in [1.165, 1.54) is 0 Å². The Balaban J connectivity index is 4.58. The van der Waals surface area contributed by atoms with Crippen molar-refractivity contribution in [2.24, 2.45) is 5.41 Å². The van der Waals surface area contributed by atoms with Crippen molar-refractivity contribution in [3.05, 3.63) is 0 Å². The third-order valence-corrected chi connectivity index (χ3v) is 4.88. The Bertz CT molecular complexity index is 346. The standard InChI is InChI=1S/C19H36O6/c1-3-5-9-15(20)11-7-13-19(17(22)23,18(24)25)14-8-12-16(21)10-6-4-2/h15-16,20-21H,3-14H2,1-2H3,(H,22,23)(H,24,25). The molecule has 0 aromatic carbocycles. The quantitative estimate of drug-likeness (QED) is 0.313. The molecule has 6 nitrogen and oxygen atoms in total. The molecule has 0 amide bonds. The van der Waals surface area contributed by atoms with Gasteiger partial charge in [0.25, 0.3) is 0 Å². The van der Waals surface area contributed by atoms with Gasteiger partial charge in [-0.1, -0.05) is 39.5 Å². The summed E-state index contributed by atoms with van der Waals surface area (Å²) < 4.78 is 0. The fourth-order valence-electron chi connectivity index (χ4n) is 3.09. The molecule has 6 heteroatoms. The molecule has 4 N–H and O–H groups in total. The van der Waals surface area contributed by atoms with E-state index in [0.717, 1.165) is 25.7 Å². The zero-order valence-electron chi connectivity index (χ0n) is 15.7. The molecule has 0 rings (SSSR count). The van der Waals surface area contributed by atoms with Gasteiger partial charge in [-0.15, -0.1) is 0 Å². The lowest BCUT2D eigenvalue weighted by molar-refractivity contribution is -0.166. The number of rotatable bonds is 16. The van der Waals surface area contributed by atoms with Gasteiger partial charge in [0.05, 0.1) is 12.2 Å². The van der Waals surface area contributed by atoms with E-state index in [2.05, 4.69) is 0 Å². The summed E-state index contributed by atoms with van der Waals surface area (Å²) in [5.74, 6) is -2.66. The van der Waals surface area contributed by atoms with Crippen LogP contribution in [0.4, 0.5) is 0 Å². The number of hydrogen-bond donors (Lipinski definition) is 4. The molecule has 0 aliphatic heterocycles. The molecule has 148 valence electrons. The van der Waals surface area contributed by atoms with Crippen molar-refractivity contribution in [1.82, 2.24) is 0 Å². The van der Waals surface area contributed by atoms with Gasteiger partial charge in [0.15, 0.2) is 5.41 Å². The molecule has 0 saturated heterocycles. The zero-order chi connectivity index (χ0) is 19.3. The Kier molecular flexibility index (Phi) is 12.5. The van der Waals surface area contributed by atoms with Crippen LogP contribution in [0.5, 0.6) is 0 Å². The van der Waals surface area contributed by atoms with Crippen molar-refractivity contribution >= 4 is 11.9 Å².